The molecule has 0 saturated carbocycles. The Hall–Kier alpha value is -2.04. The van der Waals surface area contributed by atoms with Gasteiger partial charge in [0, 0.05) is 11.6 Å². The quantitative estimate of drug-likeness (QED) is 0.314. The third-order valence-corrected chi connectivity index (χ3v) is 6.71. The molecule has 0 spiro atoms. The van der Waals surface area contributed by atoms with E-state index < -0.39 is 5.92 Å². The van der Waals surface area contributed by atoms with Gasteiger partial charge in [0.2, 0.25) is 5.91 Å². The van der Waals surface area contributed by atoms with E-state index in [1.54, 1.807) is 24.3 Å². The van der Waals surface area contributed by atoms with Gasteiger partial charge >= 0.3 is 0 Å². The number of hydrogen-bond donors (Lipinski definition) is 2. The van der Waals surface area contributed by atoms with Crippen LogP contribution in [-0.2, 0) is 4.79 Å². The predicted octanol–water partition coefficient (Wildman–Crippen LogP) is 7.18. The largest absolute Gasteiger partial charge is 0.330 e. The minimum atomic E-state index is -0.451. The first kappa shape index (κ1) is 23.6. The first-order valence-corrected chi connectivity index (χ1v) is 11.2. The molecule has 1 unspecified atom stereocenters. The highest BCUT2D eigenvalue weighted by Gasteiger charge is 2.24. The number of carbonyl (C=O) groups is 1. The van der Waals surface area contributed by atoms with E-state index in [1.165, 1.54) is 0 Å². The van der Waals surface area contributed by atoms with E-state index in [2.05, 4.69) is 24.0 Å². The van der Waals surface area contributed by atoms with Crippen LogP contribution in [0.2, 0.25) is 10.0 Å². The number of halogens is 3. The van der Waals surface area contributed by atoms with Crippen molar-refractivity contribution < 1.29 is 4.79 Å². The van der Waals surface area contributed by atoms with E-state index in [4.69, 9.17) is 40.5 Å². The SMILES string of the molecule is C=C/C(C)=C(\Cl)c1cc(NC(=O)C(CCN)c2ccc(Cl)c(Cl)c2)cc(C2C=C2)c1C. The molecular formula is C25H25Cl3N2O. The van der Waals surface area contributed by atoms with Crippen molar-refractivity contribution >= 4 is 51.4 Å². The lowest BCUT2D eigenvalue weighted by Crippen LogP contribution is -2.24. The molecular weight excluding hydrogens is 451 g/mol. The van der Waals surface area contributed by atoms with Gasteiger partial charge in [-0.15, -0.1) is 0 Å². The number of rotatable bonds is 8. The topological polar surface area (TPSA) is 55.1 Å². The number of nitrogens with one attached hydrogen (secondary N) is 1. The van der Waals surface area contributed by atoms with Gasteiger partial charge in [0.05, 0.1) is 21.0 Å². The van der Waals surface area contributed by atoms with E-state index in [9.17, 15) is 4.79 Å². The van der Waals surface area contributed by atoms with Crippen molar-refractivity contribution in [3.05, 3.63) is 93.0 Å². The van der Waals surface area contributed by atoms with Gasteiger partial charge in [-0.3, -0.25) is 4.79 Å². The lowest BCUT2D eigenvalue weighted by Gasteiger charge is -2.20. The molecule has 0 radical (unpaired) electrons. The van der Waals surface area contributed by atoms with Gasteiger partial charge in [0.25, 0.3) is 0 Å². The highest BCUT2D eigenvalue weighted by molar-refractivity contribution is 6.49. The van der Waals surface area contributed by atoms with Crippen LogP contribution in [0.4, 0.5) is 5.69 Å². The fourth-order valence-corrected chi connectivity index (χ4v) is 4.10. The lowest BCUT2D eigenvalue weighted by atomic mass is 9.93. The standard InChI is InChI=1S/C25H25Cl3N2O/c1-4-14(2)24(28)21-13-18(12-20(15(21)3)16-5-6-16)30-25(31)19(9-10-29)17-7-8-22(26)23(27)11-17/h4-8,11-13,16,19H,1,9-10,29H2,2-3H3,(H,30,31)/b24-14-. The van der Waals surface area contributed by atoms with Crippen molar-refractivity contribution in [2.24, 2.45) is 5.73 Å². The summed E-state index contributed by atoms with van der Waals surface area (Å²) in [5.41, 5.74) is 11.2. The molecule has 0 bridgehead atoms. The zero-order valence-corrected chi connectivity index (χ0v) is 19.8. The Kier molecular flexibility index (Phi) is 7.66. The van der Waals surface area contributed by atoms with Crippen LogP contribution in [0.5, 0.6) is 0 Å². The van der Waals surface area contributed by atoms with Gasteiger partial charge in [-0.05, 0) is 78.9 Å². The summed E-state index contributed by atoms with van der Waals surface area (Å²) in [4.78, 5) is 13.2. The molecule has 31 heavy (non-hydrogen) atoms. The second kappa shape index (κ2) is 10.1. The number of nitrogens with two attached hydrogens (primary N) is 1. The highest BCUT2D eigenvalue weighted by atomic mass is 35.5. The van der Waals surface area contributed by atoms with E-state index in [0.29, 0.717) is 33.7 Å². The number of anilines is 1. The van der Waals surface area contributed by atoms with E-state index in [1.807, 2.05) is 26.0 Å². The summed E-state index contributed by atoms with van der Waals surface area (Å²) in [5, 5.41) is 4.53. The zero-order valence-electron chi connectivity index (χ0n) is 17.5. The normalized spacial score (nSPS) is 14.8. The van der Waals surface area contributed by atoms with Gasteiger partial charge in [0.15, 0.2) is 0 Å². The van der Waals surface area contributed by atoms with Crippen LogP contribution in [0.15, 0.2) is 60.7 Å². The average molecular weight is 476 g/mol. The van der Waals surface area contributed by atoms with E-state index in [0.717, 1.165) is 27.8 Å². The molecule has 2 aromatic rings. The van der Waals surface area contributed by atoms with Gasteiger partial charge in [-0.25, -0.2) is 0 Å². The fourth-order valence-electron chi connectivity index (χ4n) is 3.52. The third-order valence-electron chi connectivity index (χ3n) is 5.47. The number of benzene rings is 2. The summed E-state index contributed by atoms with van der Waals surface area (Å²) < 4.78 is 0. The first-order chi connectivity index (χ1) is 14.8. The van der Waals surface area contributed by atoms with Crippen molar-refractivity contribution in [2.45, 2.75) is 32.1 Å². The molecule has 0 fully saturated rings. The minimum Gasteiger partial charge on any atom is -0.330 e. The predicted molar refractivity (Wildman–Crippen MR) is 133 cm³/mol. The third kappa shape index (κ3) is 5.42. The Morgan fingerprint density at radius 2 is 1.94 bits per heavy atom. The number of carbonyl (C=O) groups excluding carboxylic acids is 1. The molecule has 3 nitrogen and oxygen atoms in total. The monoisotopic (exact) mass is 474 g/mol. The maximum Gasteiger partial charge on any atom is 0.231 e. The number of allylic oxidation sites excluding steroid dienone is 4. The smallest absolute Gasteiger partial charge is 0.231 e. The lowest BCUT2D eigenvalue weighted by molar-refractivity contribution is -0.117. The Labute approximate surface area is 198 Å². The molecule has 1 aliphatic rings. The molecule has 0 saturated heterocycles. The molecule has 6 heteroatoms. The number of amides is 1. The second-order valence-electron chi connectivity index (χ2n) is 7.64. The van der Waals surface area contributed by atoms with Gasteiger partial charge in [0.1, 0.15) is 0 Å². The molecule has 1 amide bonds. The van der Waals surface area contributed by atoms with Crippen LogP contribution in [0, 0.1) is 6.92 Å². The van der Waals surface area contributed by atoms with Crippen LogP contribution in [0.1, 0.15) is 47.4 Å². The van der Waals surface area contributed by atoms with Crippen molar-refractivity contribution in [1.29, 1.82) is 0 Å². The molecule has 162 valence electrons. The average Bonchev–Trinajstić information content (AvgIpc) is 3.59. The summed E-state index contributed by atoms with van der Waals surface area (Å²) in [6.45, 7) is 8.13. The Bertz CT molecular complexity index is 1080. The molecule has 0 aromatic heterocycles. The highest BCUT2D eigenvalue weighted by Crippen LogP contribution is 2.39. The van der Waals surface area contributed by atoms with Crippen LogP contribution in [0.3, 0.4) is 0 Å². The first-order valence-electron chi connectivity index (χ1n) is 10.0. The summed E-state index contributed by atoms with van der Waals surface area (Å²) in [6.07, 6.45) is 6.44. The van der Waals surface area contributed by atoms with Crippen LogP contribution >= 0.6 is 34.8 Å². The maximum absolute atomic E-state index is 13.2. The molecule has 3 N–H and O–H groups in total. The molecule has 0 heterocycles. The molecule has 3 rings (SSSR count). The molecule has 1 aliphatic carbocycles. The summed E-state index contributed by atoms with van der Waals surface area (Å²) >= 11 is 18.8. The van der Waals surface area contributed by atoms with E-state index in [-0.39, 0.29) is 11.8 Å². The van der Waals surface area contributed by atoms with Crippen LogP contribution < -0.4 is 11.1 Å². The van der Waals surface area contributed by atoms with Crippen LogP contribution in [0.25, 0.3) is 5.03 Å². The van der Waals surface area contributed by atoms with Crippen molar-refractivity contribution in [1.82, 2.24) is 0 Å². The van der Waals surface area contributed by atoms with Crippen molar-refractivity contribution in [3.63, 3.8) is 0 Å². The van der Waals surface area contributed by atoms with Crippen molar-refractivity contribution in [3.8, 4) is 0 Å². The maximum atomic E-state index is 13.2. The molecule has 2 aromatic carbocycles. The van der Waals surface area contributed by atoms with E-state index >= 15 is 0 Å². The Morgan fingerprint density at radius 1 is 1.23 bits per heavy atom. The second-order valence-corrected chi connectivity index (χ2v) is 8.83. The van der Waals surface area contributed by atoms with Crippen molar-refractivity contribution in [2.75, 3.05) is 11.9 Å². The fraction of sp³-hybridized carbons (Fsp3) is 0.240. The minimum absolute atomic E-state index is 0.158. The Balaban J connectivity index is 1.97. The zero-order chi connectivity index (χ0) is 22.7. The summed E-state index contributed by atoms with van der Waals surface area (Å²) in [5.74, 6) is -0.346. The van der Waals surface area contributed by atoms with Gasteiger partial charge in [-0.1, -0.05) is 65.7 Å². The summed E-state index contributed by atoms with van der Waals surface area (Å²) in [6, 6.07) is 9.13. The molecule has 0 aliphatic heterocycles. The number of hydrogen-bond acceptors (Lipinski definition) is 2. The van der Waals surface area contributed by atoms with Gasteiger partial charge in [-0.2, -0.15) is 0 Å². The Morgan fingerprint density at radius 3 is 2.52 bits per heavy atom. The molecule has 1 atom stereocenters. The summed E-state index contributed by atoms with van der Waals surface area (Å²) in [7, 11) is 0. The van der Waals surface area contributed by atoms with Gasteiger partial charge < -0.3 is 11.1 Å². The van der Waals surface area contributed by atoms with Crippen LogP contribution in [-0.4, -0.2) is 12.5 Å².